The van der Waals surface area contributed by atoms with Crippen molar-refractivity contribution < 1.29 is 70.2 Å². The van der Waals surface area contributed by atoms with Crippen LogP contribution in [0.5, 0.6) is 0 Å². The molecule has 3 rings (SSSR count). The fourth-order valence-corrected chi connectivity index (χ4v) is 5.21. The lowest BCUT2D eigenvalue weighted by atomic mass is 9.83. The maximum Gasteiger partial charge on any atom is 0.251 e. The van der Waals surface area contributed by atoms with Crippen molar-refractivity contribution in [3.8, 4) is 0 Å². The molecule has 1 aliphatic carbocycles. The zero-order valence-electron chi connectivity index (χ0n) is 26.9. The van der Waals surface area contributed by atoms with Gasteiger partial charge in [0.1, 0.15) is 36.6 Å². The SMILES string of the molecule is O=C1c2ccccc2C(=O)c2c(NCCN(CCNC(=O)[C@H](O)[C@H](O)[C@H](O)[C@H](O)CO)CCNC(=O)[C@H](O)[C@H](O)[C@H](O)[C@H](O)CO)cccc21. The Bertz CT molecular complexity index is 1430. The van der Waals surface area contributed by atoms with Crippen molar-refractivity contribution in [2.45, 2.75) is 48.8 Å². The summed E-state index contributed by atoms with van der Waals surface area (Å²) in [6.45, 7) is -1.70. The molecule has 276 valence electrons. The Hall–Kier alpha value is -3.92. The summed E-state index contributed by atoms with van der Waals surface area (Å²) in [6.07, 6.45) is -16.2. The highest BCUT2D eigenvalue weighted by Gasteiger charge is 2.35. The second kappa shape index (κ2) is 18.9. The van der Waals surface area contributed by atoms with Gasteiger partial charge in [0.2, 0.25) is 0 Å². The highest BCUT2D eigenvalue weighted by Crippen LogP contribution is 2.31. The van der Waals surface area contributed by atoms with E-state index in [4.69, 9.17) is 10.2 Å². The standard InChI is InChI=1S/C32H44N4O14/c37-14-20(39)25(43)27(45)29(47)31(49)34-9-12-36(13-10-35-32(50)30(48)28(46)26(44)21(40)15-38)11-8-33-19-7-3-6-18-22(19)24(42)17-5-2-1-4-16(17)23(18)41/h1-7,20-21,25-30,33,37-40,43-48H,8-15H2,(H,34,49)(H,35,50)/t20-,21-,25-,26-,27-,28-,29-,30-/m1/s1. The average molecular weight is 709 g/mol. The second-order valence-electron chi connectivity index (χ2n) is 11.6. The van der Waals surface area contributed by atoms with Crippen molar-refractivity contribution in [2.75, 3.05) is 57.8 Å². The van der Waals surface area contributed by atoms with Crippen LogP contribution in [-0.4, -0.2) is 181 Å². The summed E-state index contributed by atoms with van der Waals surface area (Å²) in [6, 6.07) is 11.3. The van der Waals surface area contributed by atoms with Crippen LogP contribution in [-0.2, 0) is 9.59 Å². The number of hydrogen-bond donors (Lipinski definition) is 13. The summed E-state index contributed by atoms with van der Waals surface area (Å²) in [7, 11) is 0. The van der Waals surface area contributed by atoms with Crippen LogP contribution in [0.25, 0.3) is 0 Å². The summed E-state index contributed by atoms with van der Waals surface area (Å²) < 4.78 is 0. The minimum atomic E-state index is -2.16. The van der Waals surface area contributed by atoms with Crippen LogP contribution in [0, 0.1) is 0 Å². The molecule has 50 heavy (non-hydrogen) atoms. The minimum Gasteiger partial charge on any atom is -0.394 e. The number of nitrogens with one attached hydrogen (secondary N) is 3. The van der Waals surface area contributed by atoms with E-state index in [1.807, 2.05) is 0 Å². The van der Waals surface area contributed by atoms with Crippen molar-refractivity contribution in [2.24, 2.45) is 0 Å². The molecule has 2 aromatic rings. The smallest absolute Gasteiger partial charge is 0.251 e. The van der Waals surface area contributed by atoms with Crippen LogP contribution in [0.15, 0.2) is 42.5 Å². The van der Waals surface area contributed by atoms with E-state index in [9.17, 15) is 60.0 Å². The van der Waals surface area contributed by atoms with Gasteiger partial charge in [0.15, 0.2) is 23.8 Å². The lowest BCUT2D eigenvalue weighted by Crippen LogP contribution is -2.53. The van der Waals surface area contributed by atoms with Gasteiger partial charge in [-0.05, 0) is 6.07 Å². The summed E-state index contributed by atoms with van der Waals surface area (Å²) in [5.41, 5.74) is 1.38. The fraction of sp³-hybridized carbons (Fsp3) is 0.500. The predicted octanol–water partition coefficient (Wildman–Crippen LogP) is -5.72. The van der Waals surface area contributed by atoms with E-state index in [1.54, 1.807) is 47.4 Å². The molecule has 0 unspecified atom stereocenters. The lowest BCUT2D eigenvalue weighted by molar-refractivity contribution is -0.149. The van der Waals surface area contributed by atoms with Crippen LogP contribution in [0.2, 0.25) is 0 Å². The number of amides is 2. The molecule has 0 bridgehead atoms. The van der Waals surface area contributed by atoms with Crippen LogP contribution in [0.4, 0.5) is 5.69 Å². The monoisotopic (exact) mass is 708 g/mol. The maximum absolute atomic E-state index is 13.3. The van der Waals surface area contributed by atoms with Gasteiger partial charge in [-0.1, -0.05) is 36.4 Å². The molecule has 2 aromatic carbocycles. The molecule has 18 heteroatoms. The summed E-state index contributed by atoms with van der Waals surface area (Å²) in [5, 5.41) is 104. The molecular formula is C32H44N4O14. The molecule has 1 aliphatic rings. The number of carbonyl (C=O) groups excluding carboxylic acids is 4. The Morgan fingerprint density at radius 3 is 1.50 bits per heavy atom. The molecular weight excluding hydrogens is 664 g/mol. The molecule has 0 fully saturated rings. The van der Waals surface area contributed by atoms with E-state index in [1.165, 1.54) is 0 Å². The molecule has 18 nitrogen and oxygen atoms in total. The lowest BCUT2D eigenvalue weighted by Gasteiger charge is -2.27. The van der Waals surface area contributed by atoms with E-state index >= 15 is 0 Å². The Morgan fingerprint density at radius 1 is 0.580 bits per heavy atom. The van der Waals surface area contributed by atoms with Crippen LogP contribution in [0.3, 0.4) is 0 Å². The third-order valence-electron chi connectivity index (χ3n) is 8.20. The molecule has 0 aliphatic heterocycles. The first kappa shape index (κ1) is 40.5. The quantitative estimate of drug-likeness (QED) is 0.0520. The zero-order valence-corrected chi connectivity index (χ0v) is 26.9. The van der Waals surface area contributed by atoms with Gasteiger partial charge >= 0.3 is 0 Å². The third kappa shape index (κ3) is 9.86. The number of nitrogens with zero attached hydrogens (tertiary/aromatic N) is 1. The van der Waals surface area contributed by atoms with Crippen molar-refractivity contribution >= 4 is 29.1 Å². The van der Waals surface area contributed by atoms with Gasteiger partial charge in [0, 0.05) is 61.6 Å². The molecule has 0 saturated heterocycles. The molecule has 8 atom stereocenters. The maximum atomic E-state index is 13.3. The number of anilines is 1. The summed E-state index contributed by atoms with van der Waals surface area (Å²) >= 11 is 0. The van der Waals surface area contributed by atoms with Gasteiger partial charge in [-0.25, -0.2) is 0 Å². The zero-order chi connectivity index (χ0) is 37.1. The van der Waals surface area contributed by atoms with Crippen molar-refractivity contribution in [1.82, 2.24) is 15.5 Å². The second-order valence-corrected chi connectivity index (χ2v) is 11.6. The van der Waals surface area contributed by atoms with Crippen LogP contribution >= 0.6 is 0 Å². The van der Waals surface area contributed by atoms with Gasteiger partial charge in [-0.15, -0.1) is 0 Å². The number of hydrogen-bond acceptors (Lipinski definition) is 16. The summed E-state index contributed by atoms with van der Waals surface area (Å²) in [4.78, 5) is 52.9. The number of benzene rings is 2. The van der Waals surface area contributed by atoms with E-state index in [2.05, 4.69) is 16.0 Å². The third-order valence-corrected chi connectivity index (χ3v) is 8.20. The number of rotatable bonds is 20. The molecule has 0 radical (unpaired) electrons. The molecule has 0 saturated carbocycles. The molecule has 0 aromatic heterocycles. The first-order valence-corrected chi connectivity index (χ1v) is 15.7. The number of fused-ring (bicyclic) bond motifs is 2. The largest absolute Gasteiger partial charge is 0.394 e. The van der Waals surface area contributed by atoms with Gasteiger partial charge in [-0.3, -0.25) is 24.1 Å². The number of aliphatic hydroxyl groups excluding tert-OH is 10. The number of aliphatic hydroxyl groups is 10. The van der Waals surface area contributed by atoms with Gasteiger partial charge in [0.05, 0.1) is 18.8 Å². The van der Waals surface area contributed by atoms with Gasteiger partial charge in [-0.2, -0.15) is 0 Å². The van der Waals surface area contributed by atoms with Crippen LogP contribution in [0.1, 0.15) is 31.8 Å². The average Bonchev–Trinajstić information content (AvgIpc) is 3.13. The van der Waals surface area contributed by atoms with E-state index in [0.717, 1.165) is 0 Å². The topological polar surface area (TPSA) is 310 Å². The van der Waals surface area contributed by atoms with Gasteiger partial charge < -0.3 is 67.0 Å². The number of carbonyl (C=O) groups is 4. The van der Waals surface area contributed by atoms with Crippen LogP contribution < -0.4 is 16.0 Å². The Morgan fingerprint density at radius 2 is 1.02 bits per heavy atom. The summed E-state index contributed by atoms with van der Waals surface area (Å²) in [5.74, 6) is -2.85. The molecule has 0 heterocycles. The van der Waals surface area contributed by atoms with E-state index in [-0.39, 0.29) is 67.5 Å². The molecule has 2 amide bonds. The van der Waals surface area contributed by atoms with Crippen molar-refractivity contribution in [3.05, 3.63) is 64.7 Å². The first-order valence-electron chi connectivity index (χ1n) is 15.7. The fourth-order valence-electron chi connectivity index (χ4n) is 5.21. The molecule has 0 spiro atoms. The van der Waals surface area contributed by atoms with Gasteiger partial charge in [0.25, 0.3) is 11.8 Å². The highest BCUT2D eigenvalue weighted by atomic mass is 16.4. The highest BCUT2D eigenvalue weighted by molar-refractivity contribution is 6.30. The van der Waals surface area contributed by atoms with Crippen molar-refractivity contribution in [3.63, 3.8) is 0 Å². The minimum absolute atomic E-state index is 0.0538. The van der Waals surface area contributed by atoms with E-state index < -0.39 is 73.9 Å². The van der Waals surface area contributed by atoms with Crippen molar-refractivity contribution in [1.29, 1.82) is 0 Å². The predicted molar refractivity (Wildman–Crippen MR) is 173 cm³/mol. The normalized spacial score (nSPS) is 17.4. The Labute approximate surface area is 286 Å². The van der Waals surface area contributed by atoms with E-state index in [0.29, 0.717) is 11.3 Å². The first-order chi connectivity index (χ1) is 23.7. The Balaban J connectivity index is 1.66. The number of ketones is 2. The molecule has 13 N–H and O–H groups in total. The Kier molecular flexibility index (Phi) is 15.3.